The van der Waals surface area contributed by atoms with E-state index < -0.39 is 18.3 Å². The molecule has 150 valence electrons. The highest BCUT2D eigenvalue weighted by molar-refractivity contribution is 6.62. The second kappa shape index (κ2) is 6.81. The highest BCUT2D eigenvalue weighted by atomic mass is 16.7. The lowest BCUT2D eigenvalue weighted by atomic mass is 9.78. The molecule has 1 aliphatic carbocycles. The van der Waals surface area contributed by atoms with Gasteiger partial charge in [-0.1, -0.05) is 30.8 Å². The second-order valence-electron chi connectivity index (χ2n) is 8.73. The predicted molar refractivity (Wildman–Crippen MR) is 106 cm³/mol. The maximum absolute atomic E-state index is 12.6. The summed E-state index contributed by atoms with van der Waals surface area (Å²) in [7, 11) is -0.458. The van der Waals surface area contributed by atoms with Crippen molar-refractivity contribution in [2.45, 2.75) is 69.8 Å². The Morgan fingerprint density at radius 3 is 2.54 bits per heavy atom. The monoisotopic (exact) mass is 385 g/mol. The van der Waals surface area contributed by atoms with Crippen LogP contribution in [0.2, 0.25) is 0 Å². The first-order valence-corrected chi connectivity index (χ1v) is 10.0. The van der Waals surface area contributed by atoms with E-state index in [1.807, 2.05) is 45.0 Å². The number of nitrogens with zero attached hydrogens (tertiary/aromatic N) is 1. The van der Waals surface area contributed by atoms with E-state index in [0.29, 0.717) is 25.1 Å². The van der Waals surface area contributed by atoms with Crippen molar-refractivity contribution in [1.29, 1.82) is 0 Å². The lowest BCUT2D eigenvalue weighted by molar-refractivity contribution is -0.0572. The van der Waals surface area contributed by atoms with Crippen molar-refractivity contribution >= 4 is 18.7 Å². The third kappa shape index (κ3) is 3.42. The Morgan fingerprint density at radius 2 is 2.00 bits per heavy atom. The summed E-state index contributed by atoms with van der Waals surface area (Å²) in [5, 5.41) is 9.82. The molecule has 0 radical (unpaired) electrons. The van der Waals surface area contributed by atoms with Gasteiger partial charge in [-0.2, -0.15) is 0 Å². The number of carbonyl (C=O) groups is 1. The Hall–Kier alpha value is -1.99. The molecule has 2 saturated heterocycles. The van der Waals surface area contributed by atoms with Gasteiger partial charge in [-0.15, -0.1) is 0 Å². The normalized spacial score (nSPS) is 30.5. The van der Waals surface area contributed by atoms with Crippen LogP contribution >= 0.6 is 0 Å². The van der Waals surface area contributed by atoms with Gasteiger partial charge in [-0.3, -0.25) is 0 Å². The fourth-order valence-corrected chi connectivity index (χ4v) is 4.32. The highest BCUT2D eigenvalue weighted by Crippen LogP contribution is 2.41. The fraction of sp³-hybridized carbons (Fsp3) is 0.571. The van der Waals surface area contributed by atoms with Crippen LogP contribution in [0.4, 0.5) is 4.79 Å². The van der Waals surface area contributed by atoms with Gasteiger partial charge in [-0.05, 0) is 44.6 Å². The number of hydrogen-bond acceptors (Lipinski definition) is 5. The number of hydrogen-bond donors (Lipinski definition) is 1. The van der Waals surface area contributed by atoms with Crippen molar-refractivity contribution in [2.24, 2.45) is 0 Å². The molecule has 1 aromatic rings. The Morgan fingerprint density at radius 1 is 1.29 bits per heavy atom. The minimum atomic E-state index is -0.502. The first-order chi connectivity index (χ1) is 13.2. The summed E-state index contributed by atoms with van der Waals surface area (Å²) in [6.07, 6.45) is 2.12. The number of amides is 1. The van der Waals surface area contributed by atoms with Gasteiger partial charge in [0.1, 0.15) is 11.2 Å². The topological polar surface area (TPSA) is 68.2 Å². The van der Waals surface area contributed by atoms with E-state index in [2.05, 4.69) is 6.58 Å². The molecule has 2 heterocycles. The number of aliphatic hydroxyl groups is 1. The van der Waals surface area contributed by atoms with Gasteiger partial charge in [-0.25, -0.2) is 4.79 Å². The molecule has 1 aromatic carbocycles. The number of ether oxygens (including phenoxy) is 1. The largest absolute Gasteiger partial charge is 0.563 e. The molecule has 2 aliphatic heterocycles. The third-order valence-corrected chi connectivity index (χ3v) is 6.37. The first-order valence-electron chi connectivity index (χ1n) is 10.0. The van der Waals surface area contributed by atoms with Crippen LogP contribution in [0, 0.1) is 0 Å². The molecule has 3 atom stereocenters. The van der Waals surface area contributed by atoms with Crippen LogP contribution in [0.1, 0.15) is 58.1 Å². The standard InChI is InChI=1S/C21H28BNO5/c1-14(23-12-11-21(26-19(23)25)10-9-18(24)13-21)16-5-7-17(8-6-16)22-27-15(2)20(3,4)28-22/h5-8,14,18,24H,2,9-13H2,1,3-4H3/t14-,18+,21-/m0/s1. The van der Waals surface area contributed by atoms with E-state index >= 15 is 0 Å². The van der Waals surface area contributed by atoms with Gasteiger partial charge in [0.2, 0.25) is 0 Å². The van der Waals surface area contributed by atoms with Crippen molar-refractivity contribution in [3.05, 3.63) is 42.2 Å². The number of carbonyl (C=O) groups excluding carboxylic acids is 1. The molecule has 3 aliphatic rings. The molecule has 0 unspecified atom stereocenters. The number of rotatable bonds is 3. The predicted octanol–water partition coefficient (Wildman–Crippen LogP) is 2.91. The van der Waals surface area contributed by atoms with Gasteiger partial charge in [0.05, 0.1) is 17.9 Å². The SMILES string of the molecule is C=C1OB(c2ccc([C@H](C)N3CC[C@]4(CC[C@@H](O)C4)OC3=O)cc2)OC1(C)C. The molecule has 1 amide bonds. The van der Waals surface area contributed by atoms with E-state index in [0.717, 1.165) is 23.9 Å². The summed E-state index contributed by atoms with van der Waals surface area (Å²) >= 11 is 0. The molecule has 6 nitrogen and oxygen atoms in total. The summed E-state index contributed by atoms with van der Waals surface area (Å²) in [6, 6.07) is 7.84. The van der Waals surface area contributed by atoms with E-state index in [1.165, 1.54) is 0 Å². The maximum Gasteiger partial charge on any atom is 0.563 e. The number of aliphatic hydroxyl groups excluding tert-OH is 1. The molecular weight excluding hydrogens is 357 g/mol. The van der Waals surface area contributed by atoms with Crippen LogP contribution in [-0.2, 0) is 14.0 Å². The summed E-state index contributed by atoms with van der Waals surface area (Å²) in [5.41, 5.74) is 0.975. The molecule has 28 heavy (non-hydrogen) atoms. The van der Waals surface area contributed by atoms with E-state index in [9.17, 15) is 9.90 Å². The van der Waals surface area contributed by atoms with Crippen LogP contribution < -0.4 is 5.46 Å². The molecule has 1 spiro atoms. The number of benzene rings is 1. The summed E-state index contributed by atoms with van der Waals surface area (Å²) in [6.45, 7) is 10.4. The smallest absolute Gasteiger partial charge is 0.534 e. The van der Waals surface area contributed by atoms with Crippen LogP contribution in [0.15, 0.2) is 36.6 Å². The molecule has 0 aromatic heterocycles. The zero-order valence-corrected chi connectivity index (χ0v) is 16.8. The van der Waals surface area contributed by atoms with Gasteiger partial charge in [0.25, 0.3) is 0 Å². The second-order valence-corrected chi connectivity index (χ2v) is 8.73. The van der Waals surface area contributed by atoms with Crippen LogP contribution in [0.25, 0.3) is 0 Å². The van der Waals surface area contributed by atoms with Crippen molar-refractivity contribution in [3.8, 4) is 0 Å². The van der Waals surface area contributed by atoms with Crippen molar-refractivity contribution < 1.29 is 23.9 Å². The Bertz CT molecular complexity index is 780. The van der Waals surface area contributed by atoms with Gasteiger partial charge < -0.3 is 24.1 Å². The molecule has 7 heteroatoms. The van der Waals surface area contributed by atoms with Crippen molar-refractivity contribution in [1.82, 2.24) is 4.90 Å². The minimum absolute atomic E-state index is 0.0953. The lowest BCUT2D eigenvalue weighted by Crippen LogP contribution is -2.49. The molecule has 1 saturated carbocycles. The highest BCUT2D eigenvalue weighted by Gasteiger charge is 2.47. The molecule has 3 fully saturated rings. The Kier molecular flexibility index (Phi) is 4.71. The average molecular weight is 385 g/mol. The van der Waals surface area contributed by atoms with Crippen molar-refractivity contribution in [2.75, 3.05) is 6.54 Å². The Balaban J connectivity index is 1.42. The molecule has 0 bridgehead atoms. The van der Waals surface area contributed by atoms with Crippen LogP contribution in [0.3, 0.4) is 0 Å². The molecule has 1 N–H and O–H groups in total. The molecule has 4 rings (SSSR count). The van der Waals surface area contributed by atoms with Crippen LogP contribution in [-0.4, -0.2) is 47.1 Å². The van der Waals surface area contributed by atoms with Crippen LogP contribution in [0.5, 0.6) is 0 Å². The lowest BCUT2D eigenvalue weighted by Gasteiger charge is -2.41. The molecular formula is C21H28BNO5. The van der Waals surface area contributed by atoms with E-state index in [-0.39, 0.29) is 18.2 Å². The maximum atomic E-state index is 12.6. The summed E-state index contributed by atoms with van der Waals surface area (Å²) in [4.78, 5) is 14.4. The fourth-order valence-electron chi connectivity index (χ4n) is 4.32. The van der Waals surface area contributed by atoms with Crippen molar-refractivity contribution in [3.63, 3.8) is 0 Å². The van der Waals surface area contributed by atoms with E-state index in [4.69, 9.17) is 14.0 Å². The first kappa shape index (κ1) is 19.3. The van der Waals surface area contributed by atoms with Gasteiger partial charge >= 0.3 is 13.2 Å². The minimum Gasteiger partial charge on any atom is -0.534 e. The quantitative estimate of drug-likeness (QED) is 0.811. The van der Waals surface area contributed by atoms with Gasteiger partial charge in [0.15, 0.2) is 0 Å². The summed E-state index contributed by atoms with van der Waals surface area (Å²) < 4.78 is 17.4. The summed E-state index contributed by atoms with van der Waals surface area (Å²) in [5.74, 6) is 0.622. The average Bonchev–Trinajstić information content (AvgIpc) is 3.13. The van der Waals surface area contributed by atoms with Gasteiger partial charge in [0, 0.05) is 19.4 Å². The zero-order valence-electron chi connectivity index (χ0n) is 16.8. The van der Waals surface area contributed by atoms with E-state index in [1.54, 1.807) is 4.90 Å². The third-order valence-electron chi connectivity index (χ3n) is 6.37. The Labute approximate surface area is 166 Å². The zero-order chi connectivity index (χ0) is 20.1.